The monoisotopic (exact) mass is 526 g/mol. The van der Waals surface area contributed by atoms with Gasteiger partial charge in [-0.25, -0.2) is 9.97 Å². The molecule has 2 atom stereocenters. The minimum atomic E-state index is -3.30. The number of aromatic nitrogens is 2. The van der Waals surface area contributed by atoms with Gasteiger partial charge in [0.25, 0.3) is 5.92 Å². The van der Waals surface area contributed by atoms with Crippen LogP contribution in [0.5, 0.6) is 0 Å². The molecule has 0 spiro atoms. The topological polar surface area (TPSA) is 79.7 Å². The highest BCUT2D eigenvalue weighted by molar-refractivity contribution is 5.96. The first-order valence-corrected chi connectivity index (χ1v) is 13.3. The Kier molecular flexibility index (Phi) is 7.53. The Morgan fingerprint density at radius 1 is 1.24 bits per heavy atom. The van der Waals surface area contributed by atoms with E-state index in [1.54, 1.807) is 20.1 Å². The molecule has 2 aliphatic rings. The molecule has 2 aromatic carbocycles. The molecule has 1 aliphatic heterocycles. The number of anilines is 2. The van der Waals surface area contributed by atoms with E-state index in [1.807, 2.05) is 19.9 Å². The summed E-state index contributed by atoms with van der Waals surface area (Å²) in [6.45, 7) is 7.02. The van der Waals surface area contributed by atoms with Crippen molar-refractivity contribution >= 4 is 22.4 Å². The van der Waals surface area contributed by atoms with Gasteiger partial charge >= 0.3 is 0 Å². The first-order chi connectivity index (χ1) is 18.2. The van der Waals surface area contributed by atoms with E-state index in [-0.39, 0.29) is 17.7 Å². The number of alkyl halides is 2. The average Bonchev–Trinajstić information content (AvgIpc) is 3.39. The number of aliphatic hydroxyl groups excluding tert-OH is 1. The molecule has 1 saturated heterocycles. The fourth-order valence-corrected chi connectivity index (χ4v) is 5.96. The van der Waals surface area contributed by atoms with Crippen LogP contribution in [0.15, 0.2) is 24.3 Å². The number of hydrogen-bond donors (Lipinski definition) is 2. The average molecular weight is 527 g/mol. The quantitative estimate of drug-likeness (QED) is 0.435. The maximum atomic E-state index is 14.4. The summed E-state index contributed by atoms with van der Waals surface area (Å²) in [4.78, 5) is 12.0. The summed E-state index contributed by atoms with van der Waals surface area (Å²) in [6.07, 6.45) is 3.08. The molecule has 2 heterocycles. The Hall–Kier alpha value is -2.88. The molecule has 9 heteroatoms. The number of rotatable bonds is 8. The van der Waals surface area contributed by atoms with Gasteiger partial charge in [0.1, 0.15) is 18.2 Å². The van der Waals surface area contributed by atoms with Gasteiger partial charge in [-0.1, -0.05) is 18.2 Å². The van der Waals surface area contributed by atoms with Gasteiger partial charge in [-0.05, 0) is 68.4 Å². The molecule has 3 aromatic rings. The lowest BCUT2D eigenvalue weighted by Crippen LogP contribution is -2.44. The van der Waals surface area contributed by atoms with Gasteiger partial charge in [-0.15, -0.1) is 0 Å². The van der Waals surface area contributed by atoms with Crippen molar-refractivity contribution < 1.29 is 23.4 Å². The molecule has 1 aliphatic carbocycles. The first kappa shape index (κ1) is 26.7. The fraction of sp³-hybridized carbons (Fsp3) is 0.517. The van der Waals surface area contributed by atoms with Crippen LogP contribution in [-0.2, 0) is 28.2 Å². The van der Waals surface area contributed by atoms with E-state index in [4.69, 9.17) is 19.4 Å². The molecule has 1 aromatic heterocycles. The van der Waals surface area contributed by atoms with Crippen molar-refractivity contribution in [2.24, 2.45) is 0 Å². The highest BCUT2D eigenvalue weighted by Gasteiger charge is 2.33. The predicted molar refractivity (Wildman–Crippen MR) is 144 cm³/mol. The molecule has 204 valence electrons. The molecule has 38 heavy (non-hydrogen) atoms. The second kappa shape index (κ2) is 10.7. The van der Waals surface area contributed by atoms with Crippen molar-refractivity contribution in [3.63, 3.8) is 0 Å². The molecule has 0 bridgehead atoms. The van der Waals surface area contributed by atoms with Crippen LogP contribution in [0.25, 0.3) is 10.9 Å². The second-order valence-electron chi connectivity index (χ2n) is 10.4. The van der Waals surface area contributed by atoms with Crippen molar-refractivity contribution in [1.29, 1.82) is 0 Å². The Morgan fingerprint density at radius 2 is 2.03 bits per heavy atom. The van der Waals surface area contributed by atoms with Crippen LogP contribution in [-0.4, -0.2) is 61.2 Å². The van der Waals surface area contributed by atoms with E-state index >= 15 is 0 Å². The Balaban J connectivity index is 1.56. The predicted octanol–water partition coefficient (Wildman–Crippen LogP) is 4.84. The number of halogens is 2. The Morgan fingerprint density at radius 3 is 2.79 bits per heavy atom. The number of fused-ring (bicyclic) bond motifs is 3. The SMILES string of the molecule is COC[C@H]1CN(c2cc3c(N[C@H](C)c4cccc(C(F)(F)CO)c4C)nc(C)nc3c3c2CCC3)CCO1. The smallest absolute Gasteiger partial charge is 0.296 e. The lowest BCUT2D eigenvalue weighted by molar-refractivity contribution is -0.0561. The number of ether oxygens (including phenoxy) is 2. The minimum Gasteiger partial charge on any atom is -0.390 e. The molecule has 0 saturated carbocycles. The number of nitrogens with zero attached hydrogens (tertiary/aromatic N) is 3. The highest BCUT2D eigenvalue weighted by atomic mass is 19.3. The molecule has 1 fully saturated rings. The summed E-state index contributed by atoms with van der Waals surface area (Å²) in [5.74, 6) is -1.94. The molecule has 0 unspecified atom stereocenters. The van der Waals surface area contributed by atoms with E-state index in [1.165, 1.54) is 22.9 Å². The highest BCUT2D eigenvalue weighted by Crippen LogP contribution is 2.40. The summed E-state index contributed by atoms with van der Waals surface area (Å²) >= 11 is 0. The lowest BCUT2D eigenvalue weighted by atomic mass is 9.94. The largest absolute Gasteiger partial charge is 0.390 e. The van der Waals surface area contributed by atoms with Crippen LogP contribution in [0.4, 0.5) is 20.3 Å². The van der Waals surface area contributed by atoms with Gasteiger partial charge in [-0.2, -0.15) is 8.78 Å². The van der Waals surface area contributed by atoms with Gasteiger partial charge < -0.3 is 24.8 Å². The second-order valence-corrected chi connectivity index (χ2v) is 10.4. The molecule has 5 rings (SSSR count). The minimum absolute atomic E-state index is 0.0145. The zero-order valence-corrected chi connectivity index (χ0v) is 22.5. The van der Waals surface area contributed by atoms with Crippen molar-refractivity contribution in [1.82, 2.24) is 9.97 Å². The molecular weight excluding hydrogens is 490 g/mol. The number of benzene rings is 2. The number of nitrogens with one attached hydrogen (secondary N) is 1. The van der Waals surface area contributed by atoms with E-state index in [2.05, 4.69) is 16.3 Å². The molecule has 7 nitrogen and oxygen atoms in total. The van der Waals surface area contributed by atoms with Crippen LogP contribution < -0.4 is 10.2 Å². The Bertz CT molecular complexity index is 1330. The van der Waals surface area contributed by atoms with E-state index < -0.39 is 12.5 Å². The van der Waals surface area contributed by atoms with Crippen LogP contribution >= 0.6 is 0 Å². The zero-order valence-electron chi connectivity index (χ0n) is 22.5. The standard InChI is InChI=1S/C29H36F2N4O3/c1-17-21(7-6-10-25(17)29(30,31)16-36)18(2)32-28-24-13-26(35-11-12-38-20(14-35)15-37-4)22-8-5-9-23(22)27(24)33-19(3)34-28/h6-7,10,13,18,20,36H,5,8-9,11-12,14-16H2,1-4H3,(H,32,33,34)/t18-,20-/m1/s1. The van der Waals surface area contributed by atoms with Crippen molar-refractivity contribution in [2.45, 2.75) is 58.1 Å². The van der Waals surface area contributed by atoms with Crippen LogP contribution in [0.1, 0.15) is 53.0 Å². The molecule has 0 amide bonds. The number of morpholine rings is 1. The third kappa shape index (κ3) is 4.95. The number of hydrogen-bond acceptors (Lipinski definition) is 7. The third-order valence-corrected chi connectivity index (χ3v) is 7.77. The van der Waals surface area contributed by atoms with E-state index in [0.29, 0.717) is 30.4 Å². The van der Waals surface area contributed by atoms with Crippen LogP contribution in [0.3, 0.4) is 0 Å². The number of aliphatic hydroxyl groups is 1. The van der Waals surface area contributed by atoms with Crippen LogP contribution in [0.2, 0.25) is 0 Å². The fourth-order valence-electron chi connectivity index (χ4n) is 5.96. The number of aryl methyl sites for hydroxylation is 2. The summed E-state index contributed by atoms with van der Waals surface area (Å²) in [7, 11) is 1.69. The molecule has 0 radical (unpaired) electrons. The maximum absolute atomic E-state index is 14.4. The normalized spacial score (nSPS) is 18.6. The van der Waals surface area contributed by atoms with Crippen LogP contribution in [0, 0.1) is 13.8 Å². The van der Waals surface area contributed by atoms with Gasteiger partial charge in [0, 0.05) is 36.8 Å². The first-order valence-electron chi connectivity index (χ1n) is 13.3. The summed E-state index contributed by atoms with van der Waals surface area (Å²) < 4.78 is 40.0. The van der Waals surface area contributed by atoms with E-state index in [0.717, 1.165) is 48.8 Å². The third-order valence-electron chi connectivity index (χ3n) is 7.77. The van der Waals surface area contributed by atoms with E-state index in [9.17, 15) is 13.9 Å². The van der Waals surface area contributed by atoms with Gasteiger partial charge in [0.05, 0.1) is 30.9 Å². The summed E-state index contributed by atoms with van der Waals surface area (Å²) in [6, 6.07) is 6.72. The summed E-state index contributed by atoms with van der Waals surface area (Å²) in [5, 5.41) is 13.7. The van der Waals surface area contributed by atoms with Gasteiger partial charge in [-0.3, -0.25) is 0 Å². The lowest BCUT2D eigenvalue weighted by Gasteiger charge is -2.35. The molecule has 2 N–H and O–H groups in total. The van der Waals surface area contributed by atoms with Crippen molar-refractivity contribution in [2.75, 3.05) is 50.2 Å². The zero-order chi connectivity index (χ0) is 27.0. The van der Waals surface area contributed by atoms with Gasteiger partial charge in [0.15, 0.2) is 0 Å². The van der Waals surface area contributed by atoms with Crippen molar-refractivity contribution in [3.8, 4) is 0 Å². The Labute approximate surface area is 222 Å². The summed E-state index contributed by atoms with van der Waals surface area (Å²) in [5.41, 5.74) is 5.81. The van der Waals surface area contributed by atoms with Crippen molar-refractivity contribution in [3.05, 3.63) is 57.9 Å². The number of methoxy groups -OCH3 is 1. The molecular formula is C29H36F2N4O3. The van der Waals surface area contributed by atoms with Gasteiger partial charge in [0.2, 0.25) is 0 Å². The maximum Gasteiger partial charge on any atom is 0.296 e.